The number of ether oxygens (including phenoxy) is 2. The summed E-state index contributed by atoms with van der Waals surface area (Å²) in [6.07, 6.45) is -1.72. The van der Waals surface area contributed by atoms with Crippen LogP contribution in [-0.2, 0) is 14.3 Å². The molecule has 174 valence electrons. The van der Waals surface area contributed by atoms with E-state index in [1.54, 1.807) is 54.6 Å². The molecule has 1 atom stereocenters. The SMILES string of the molecule is COc1ccc(NC(=O)CCC(=O)O[C@@H](C(=O)c2ccccc2)c2ccc([N+](=O)[O-])cc2)cc1. The molecule has 0 aliphatic carbocycles. The standard InChI is InChI=1S/C25H22N2O7/c1-33-21-13-9-19(10-14-21)26-22(28)15-16-23(29)34-25(24(30)17-5-3-2-4-6-17)18-7-11-20(12-8-18)27(31)32/h2-14,25H,15-16H2,1H3,(H,26,28)/t25-/m1/s1. The van der Waals surface area contributed by atoms with E-state index in [4.69, 9.17) is 9.47 Å². The van der Waals surface area contributed by atoms with Crippen molar-refractivity contribution in [3.63, 3.8) is 0 Å². The average molecular weight is 462 g/mol. The van der Waals surface area contributed by atoms with Gasteiger partial charge in [0, 0.05) is 35.4 Å². The van der Waals surface area contributed by atoms with E-state index in [9.17, 15) is 24.5 Å². The predicted molar refractivity (Wildman–Crippen MR) is 124 cm³/mol. The van der Waals surface area contributed by atoms with Gasteiger partial charge in [-0.1, -0.05) is 30.3 Å². The summed E-state index contributed by atoms with van der Waals surface area (Å²) in [5.74, 6) is -0.992. The van der Waals surface area contributed by atoms with Crippen LogP contribution in [0, 0.1) is 10.1 Å². The van der Waals surface area contributed by atoms with Gasteiger partial charge in [0.2, 0.25) is 11.7 Å². The fourth-order valence-electron chi connectivity index (χ4n) is 3.10. The van der Waals surface area contributed by atoms with E-state index in [0.717, 1.165) is 0 Å². The minimum Gasteiger partial charge on any atom is -0.497 e. The third kappa shape index (κ3) is 6.49. The normalized spacial score (nSPS) is 11.2. The molecule has 0 heterocycles. The van der Waals surface area contributed by atoms with Gasteiger partial charge in [-0.15, -0.1) is 0 Å². The lowest BCUT2D eigenvalue weighted by atomic mass is 9.99. The smallest absolute Gasteiger partial charge is 0.307 e. The van der Waals surface area contributed by atoms with Crippen molar-refractivity contribution in [3.8, 4) is 5.75 Å². The number of hydrogen-bond donors (Lipinski definition) is 1. The highest BCUT2D eigenvalue weighted by molar-refractivity contribution is 6.01. The fourth-order valence-corrected chi connectivity index (χ4v) is 3.10. The van der Waals surface area contributed by atoms with Crippen molar-refractivity contribution in [1.82, 2.24) is 0 Å². The molecule has 9 nitrogen and oxygen atoms in total. The Morgan fingerprint density at radius 1 is 0.912 bits per heavy atom. The molecule has 3 rings (SSSR count). The molecule has 0 aromatic heterocycles. The fraction of sp³-hybridized carbons (Fsp3) is 0.160. The van der Waals surface area contributed by atoms with E-state index >= 15 is 0 Å². The molecule has 0 saturated heterocycles. The number of nitro groups is 1. The van der Waals surface area contributed by atoms with Crippen LogP contribution < -0.4 is 10.1 Å². The minimum atomic E-state index is -1.31. The number of non-ortho nitro benzene ring substituents is 1. The lowest BCUT2D eigenvalue weighted by Crippen LogP contribution is -2.21. The number of esters is 1. The molecule has 0 fully saturated rings. The number of nitro benzene ring substituents is 1. The number of benzene rings is 3. The van der Waals surface area contributed by atoms with Crippen molar-refractivity contribution in [2.45, 2.75) is 18.9 Å². The molecule has 0 bridgehead atoms. The zero-order chi connectivity index (χ0) is 24.5. The van der Waals surface area contributed by atoms with Gasteiger partial charge in [0.25, 0.3) is 5.69 Å². The molecule has 0 aliphatic heterocycles. The number of amides is 1. The summed E-state index contributed by atoms with van der Waals surface area (Å²) in [5.41, 5.74) is 0.991. The van der Waals surface area contributed by atoms with Crippen molar-refractivity contribution in [3.05, 3.63) is 100 Å². The van der Waals surface area contributed by atoms with E-state index < -0.39 is 28.7 Å². The van der Waals surface area contributed by atoms with E-state index in [1.807, 2.05) is 0 Å². The Bertz CT molecular complexity index is 1160. The highest BCUT2D eigenvalue weighted by Crippen LogP contribution is 2.25. The topological polar surface area (TPSA) is 125 Å². The summed E-state index contributed by atoms with van der Waals surface area (Å²) >= 11 is 0. The van der Waals surface area contributed by atoms with Crippen LogP contribution in [0.5, 0.6) is 5.75 Å². The highest BCUT2D eigenvalue weighted by Gasteiger charge is 2.27. The molecular weight excluding hydrogens is 440 g/mol. The molecule has 1 N–H and O–H groups in total. The molecular formula is C25H22N2O7. The molecule has 3 aromatic carbocycles. The van der Waals surface area contributed by atoms with Crippen molar-refractivity contribution in [1.29, 1.82) is 0 Å². The molecule has 1 amide bonds. The second-order valence-electron chi connectivity index (χ2n) is 7.23. The molecule has 0 spiro atoms. The van der Waals surface area contributed by atoms with Crippen molar-refractivity contribution in [2.24, 2.45) is 0 Å². The number of hydrogen-bond acceptors (Lipinski definition) is 7. The largest absolute Gasteiger partial charge is 0.497 e. The first-order chi connectivity index (χ1) is 16.4. The summed E-state index contributed by atoms with van der Waals surface area (Å²) in [7, 11) is 1.53. The van der Waals surface area contributed by atoms with Crippen LogP contribution in [0.4, 0.5) is 11.4 Å². The maximum Gasteiger partial charge on any atom is 0.307 e. The molecule has 0 saturated carbocycles. The van der Waals surface area contributed by atoms with Crippen LogP contribution in [0.1, 0.15) is 34.9 Å². The third-order valence-electron chi connectivity index (χ3n) is 4.88. The first-order valence-corrected chi connectivity index (χ1v) is 10.3. The average Bonchev–Trinajstić information content (AvgIpc) is 2.86. The second kappa shape index (κ2) is 11.4. The maximum atomic E-state index is 13.0. The molecule has 3 aromatic rings. The van der Waals surface area contributed by atoms with E-state index in [-0.39, 0.29) is 24.1 Å². The van der Waals surface area contributed by atoms with Gasteiger partial charge in [0.15, 0.2) is 6.10 Å². The quantitative estimate of drug-likeness (QED) is 0.204. The van der Waals surface area contributed by atoms with Gasteiger partial charge in [0.1, 0.15) is 5.75 Å². The number of ketones is 1. The summed E-state index contributed by atoms with van der Waals surface area (Å²) < 4.78 is 10.5. The van der Waals surface area contributed by atoms with Crippen LogP contribution >= 0.6 is 0 Å². The number of carbonyl (C=O) groups is 3. The number of rotatable bonds is 10. The van der Waals surface area contributed by atoms with E-state index in [2.05, 4.69) is 5.32 Å². The van der Waals surface area contributed by atoms with Crippen molar-refractivity contribution in [2.75, 3.05) is 12.4 Å². The molecule has 0 radical (unpaired) electrons. The summed E-state index contributed by atoms with van der Waals surface area (Å²) in [6.45, 7) is 0. The molecule has 0 unspecified atom stereocenters. The summed E-state index contributed by atoms with van der Waals surface area (Å²) in [6, 6.07) is 20.2. The van der Waals surface area contributed by atoms with E-state index in [0.29, 0.717) is 17.0 Å². The van der Waals surface area contributed by atoms with Crippen LogP contribution in [0.25, 0.3) is 0 Å². The lowest BCUT2D eigenvalue weighted by molar-refractivity contribution is -0.384. The lowest BCUT2D eigenvalue weighted by Gasteiger charge is -2.17. The van der Waals surface area contributed by atoms with Gasteiger partial charge >= 0.3 is 5.97 Å². The number of nitrogens with one attached hydrogen (secondary N) is 1. The van der Waals surface area contributed by atoms with Gasteiger partial charge < -0.3 is 14.8 Å². The minimum absolute atomic E-state index is 0.155. The Hall–Kier alpha value is -4.53. The number of Topliss-reactive ketones (excluding diaryl/α,β-unsaturated/α-hetero) is 1. The molecule has 9 heteroatoms. The van der Waals surface area contributed by atoms with Crippen LogP contribution in [0.2, 0.25) is 0 Å². The third-order valence-corrected chi connectivity index (χ3v) is 4.88. The van der Waals surface area contributed by atoms with E-state index in [1.165, 1.54) is 31.4 Å². The predicted octanol–water partition coefficient (Wildman–Crippen LogP) is 4.49. The monoisotopic (exact) mass is 462 g/mol. The molecule has 0 aliphatic rings. The second-order valence-corrected chi connectivity index (χ2v) is 7.23. The van der Waals surface area contributed by atoms with Crippen LogP contribution in [-0.4, -0.2) is 29.7 Å². The number of nitrogens with zero attached hydrogens (tertiary/aromatic N) is 1. The van der Waals surface area contributed by atoms with Crippen LogP contribution in [0.3, 0.4) is 0 Å². The molecule has 34 heavy (non-hydrogen) atoms. The summed E-state index contributed by atoms with van der Waals surface area (Å²) in [5, 5.41) is 13.6. The first kappa shape index (κ1) is 24.1. The first-order valence-electron chi connectivity index (χ1n) is 10.3. The highest BCUT2D eigenvalue weighted by atomic mass is 16.6. The Morgan fingerprint density at radius 2 is 1.56 bits per heavy atom. The number of carbonyl (C=O) groups excluding carboxylic acids is 3. The zero-order valence-electron chi connectivity index (χ0n) is 18.3. The Morgan fingerprint density at radius 3 is 2.15 bits per heavy atom. The maximum absolute atomic E-state index is 13.0. The van der Waals surface area contributed by atoms with Crippen molar-refractivity contribution >= 4 is 29.0 Å². The number of methoxy groups -OCH3 is 1. The Balaban J connectivity index is 1.67. The number of anilines is 1. The van der Waals surface area contributed by atoms with Crippen molar-refractivity contribution < 1.29 is 28.8 Å². The van der Waals surface area contributed by atoms with Gasteiger partial charge in [0.05, 0.1) is 18.5 Å². The Labute approximate surface area is 195 Å². The van der Waals surface area contributed by atoms with Gasteiger partial charge in [-0.2, -0.15) is 0 Å². The van der Waals surface area contributed by atoms with Crippen LogP contribution in [0.15, 0.2) is 78.9 Å². The van der Waals surface area contributed by atoms with Gasteiger partial charge in [-0.25, -0.2) is 0 Å². The Kier molecular flexibility index (Phi) is 8.07. The van der Waals surface area contributed by atoms with Gasteiger partial charge in [-0.3, -0.25) is 24.5 Å². The summed E-state index contributed by atoms with van der Waals surface area (Å²) in [4.78, 5) is 48.1. The van der Waals surface area contributed by atoms with Gasteiger partial charge in [-0.05, 0) is 36.4 Å². The zero-order valence-corrected chi connectivity index (χ0v) is 18.3.